The number of nitrogens with zero attached hydrogens (tertiary/aromatic N) is 2. The summed E-state index contributed by atoms with van der Waals surface area (Å²) in [6, 6.07) is 8.50. The summed E-state index contributed by atoms with van der Waals surface area (Å²) in [4.78, 5) is 10.1. The monoisotopic (exact) mass is 248 g/mol. The Hall–Kier alpha value is -1.55. The van der Waals surface area contributed by atoms with Crippen LogP contribution in [-0.2, 0) is 9.57 Å². The van der Waals surface area contributed by atoms with Crippen LogP contribution in [0.4, 0.5) is 5.69 Å². The first-order valence-electron chi connectivity index (χ1n) is 6.15. The Morgan fingerprint density at radius 3 is 2.33 bits per heavy atom. The van der Waals surface area contributed by atoms with Gasteiger partial charge in [-0.2, -0.15) is 10.1 Å². The topological polar surface area (TPSA) is 34.1 Å². The molecule has 18 heavy (non-hydrogen) atoms. The predicted molar refractivity (Wildman–Crippen MR) is 71.5 cm³/mol. The molecule has 98 valence electrons. The highest BCUT2D eigenvalue weighted by atomic mass is 16.9. The average molecular weight is 248 g/mol. The van der Waals surface area contributed by atoms with Crippen molar-refractivity contribution in [2.75, 3.05) is 0 Å². The molecule has 0 N–H and O–H groups in total. The third-order valence-corrected chi connectivity index (χ3v) is 2.57. The van der Waals surface area contributed by atoms with Crippen molar-refractivity contribution in [3.8, 4) is 0 Å². The number of ether oxygens (including phenoxy) is 1. The van der Waals surface area contributed by atoms with E-state index in [9.17, 15) is 0 Å². The summed E-state index contributed by atoms with van der Waals surface area (Å²) in [5.74, 6) is 0. The molecule has 1 fully saturated rings. The highest BCUT2D eigenvalue weighted by Gasteiger charge is 2.36. The zero-order chi connectivity index (χ0) is 13.3. The molecule has 1 aromatic carbocycles. The van der Waals surface area contributed by atoms with Gasteiger partial charge < -0.3 is 4.74 Å². The molecule has 2 rings (SSSR count). The van der Waals surface area contributed by atoms with Gasteiger partial charge >= 0.3 is 6.02 Å². The molecule has 1 aliphatic heterocycles. The van der Waals surface area contributed by atoms with Gasteiger partial charge in [-0.1, -0.05) is 17.7 Å². The van der Waals surface area contributed by atoms with E-state index in [0.29, 0.717) is 6.02 Å². The van der Waals surface area contributed by atoms with Crippen LogP contribution < -0.4 is 0 Å². The van der Waals surface area contributed by atoms with E-state index in [0.717, 1.165) is 5.69 Å². The van der Waals surface area contributed by atoms with Crippen LogP contribution in [0, 0.1) is 6.92 Å². The molecule has 4 heteroatoms. The molecule has 0 aliphatic carbocycles. The van der Waals surface area contributed by atoms with Crippen LogP contribution >= 0.6 is 0 Å². The normalized spacial score (nSPS) is 22.4. The lowest BCUT2D eigenvalue weighted by Gasteiger charge is -2.28. The molecule has 0 aromatic heterocycles. The Balaban J connectivity index is 2.27. The molecule has 0 saturated carbocycles. The first-order chi connectivity index (χ1) is 8.36. The molecular formula is C14H20N2O2. The summed E-state index contributed by atoms with van der Waals surface area (Å²) in [6.45, 7) is 10.1. The SMILES string of the molecule is Cc1ccc(N=C2OC(C)ON2C(C)(C)C)cc1. The highest BCUT2D eigenvalue weighted by molar-refractivity contribution is 5.78. The van der Waals surface area contributed by atoms with E-state index in [1.54, 1.807) is 5.06 Å². The van der Waals surface area contributed by atoms with Gasteiger partial charge in [-0.25, -0.2) is 4.84 Å². The van der Waals surface area contributed by atoms with Crippen LogP contribution in [0.5, 0.6) is 0 Å². The zero-order valence-corrected chi connectivity index (χ0v) is 11.6. The maximum Gasteiger partial charge on any atom is 0.320 e. The lowest BCUT2D eigenvalue weighted by Crippen LogP contribution is -2.41. The van der Waals surface area contributed by atoms with Crippen LogP contribution in [0.1, 0.15) is 33.3 Å². The maximum atomic E-state index is 5.61. The van der Waals surface area contributed by atoms with Gasteiger partial charge in [0.15, 0.2) is 0 Å². The molecule has 0 amide bonds. The first-order valence-corrected chi connectivity index (χ1v) is 6.15. The second-order valence-electron chi connectivity index (χ2n) is 5.49. The van der Waals surface area contributed by atoms with Gasteiger partial charge in [0, 0.05) is 6.92 Å². The van der Waals surface area contributed by atoms with E-state index in [-0.39, 0.29) is 11.8 Å². The zero-order valence-electron chi connectivity index (χ0n) is 11.6. The summed E-state index contributed by atoms with van der Waals surface area (Å²) in [5.41, 5.74) is 1.89. The van der Waals surface area contributed by atoms with E-state index < -0.39 is 0 Å². The standard InChI is InChI=1S/C14H20N2O2/c1-10-6-8-12(9-7-10)15-13-16(14(3,4)5)18-11(2)17-13/h6-9,11H,1-5H3. The van der Waals surface area contributed by atoms with Crippen molar-refractivity contribution in [3.05, 3.63) is 29.8 Å². The molecule has 0 spiro atoms. The minimum Gasteiger partial charge on any atom is -0.432 e. The Morgan fingerprint density at radius 2 is 1.78 bits per heavy atom. The number of aliphatic imine (C=N–C) groups is 1. The van der Waals surface area contributed by atoms with E-state index >= 15 is 0 Å². The summed E-state index contributed by atoms with van der Waals surface area (Å²) >= 11 is 0. The summed E-state index contributed by atoms with van der Waals surface area (Å²) < 4.78 is 5.59. The van der Waals surface area contributed by atoms with E-state index in [4.69, 9.17) is 9.57 Å². The van der Waals surface area contributed by atoms with Crippen LogP contribution in [0.25, 0.3) is 0 Å². The van der Waals surface area contributed by atoms with Gasteiger partial charge in [0.25, 0.3) is 0 Å². The Labute approximate surface area is 108 Å². The van der Waals surface area contributed by atoms with Gasteiger partial charge in [0.1, 0.15) is 0 Å². The first kappa shape index (κ1) is 12.9. The number of hydroxylamine groups is 2. The van der Waals surface area contributed by atoms with Gasteiger partial charge in [-0.05, 0) is 39.8 Å². The molecule has 0 bridgehead atoms. The van der Waals surface area contributed by atoms with Gasteiger partial charge in [-0.3, -0.25) is 0 Å². The van der Waals surface area contributed by atoms with E-state index in [2.05, 4.69) is 32.7 Å². The van der Waals surface area contributed by atoms with E-state index in [1.807, 2.05) is 31.2 Å². The number of hydrogen-bond donors (Lipinski definition) is 0. The highest BCUT2D eigenvalue weighted by Crippen LogP contribution is 2.25. The molecule has 1 heterocycles. The largest absolute Gasteiger partial charge is 0.432 e. The quantitative estimate of drug-likeness (QED) is 0.764. The molecular weight excluding hydrogens is 228 g/mol. The lowest BCUT2D eigenvalue weighted by molar-refractivity contribution is -0.183. The van der Waals surface area contributed by atoms with Crippen LogP contribution in [-0.4, -0.2) is 22.9 Å². The molecule has 1 atom stereocenters. The fraction of sp³-hybridized carbons (Fsp3) is 0.500. The van der Waals surface area contributed by atoms with Crippen molar-refractivity contribution in [2.45, 2.75) is 46.4 Å². The Kier molecular flexibility index (Phi) is 3.30. The van der Waals surface area contributed by atoms with Crippen LogP contribution in [0.15, 0.2) is 29.3 Å². The van der Waals surface area contributed by atoms with E-state index in [1.165, 1.54) is 5.56 Å². The van der Waals surface area contributed by atoms with Crippen molar-refractivity contribution in [1.29, 1.82) is 0 Å². The molecule has 1 saturated heterocycles. The lowest BCUT2D eigenvalue weighted by atomic mass is 10.1. The second kappa shape index (κ2) is 4.61. The number of amidine groups is 1. The molecule has 1 unspecified atom stereocenters. The van der Waals surface area contributed by atoms with Crippen molar-refractivity contribution in [2.24, 2.45) is 4.99 Å². The van der Waals surface area contributed by atoms with Crippen molar-refractivity contribution < 1.29 is 9.57 Å². The van der Waals surface area contributed by atoms with Gasteiger partial charge in [0.05, 0.1) is 11.2 Å². The molecule has 1 aromatic rings. The minimum atomic E-state index is -0.298. The number of benzene rings is 1. The van der Waals surface area contributed by atoms with Gasteiger partial charge in [0.2, 0.25) is 6.29 Å². The average Bonchev–Trinajstić information content (AvgIpc) is 2.63. The van der Waals surface area contributed by atoms with Crippen molar-refractivity contribution in [3.63, 3.8) is 0 Å². The third-order valence-electron chi connectivity index (χ3n) is 2.57. The Bertz CT molecular complexity index is 446. The fourth-order valence-corrected chi connectivity index (χ4v) is 1.66. The van der Waals surface area contributed by atoms with Crippen molar-refractivity contribution >= 4 is 11.7 Å². The van der Waals surface area contributed by atoms with Crippen molar-refractivity contribution in [1.82, 2.24) is 5.06 Å². The summed E-state index contributed by atoms with van der Waals surface area (Å²) in [7, 11) is 0. The molecule has 0 radical (unpaired) electrons. The van der Waals surface area contributed by atoms with Crippen LogP contribution in [0.3, 0.4) is 0 Å². The summed E-state index contributed by atoms with van der Waals surface area (Å²) in [5, 5.41) is 1.72. The number of rotatable bonds is 1. The Morgan fingerprint density at radius 1 is 1.17 bits per heavy atom. The number of aryl methyl sites for hydroxylation is 1. The number of hydrogen-bond acceptors (Lipinski definition) is 3. The second-order valence-corrected chi connectivity index (χ2v) is 5.49. The van der Waals surface area contributed by atoms with Crippen LogP contribution in [0.2, 0.25) is 0 Å². The maximum absolute atomic E-state index is 5.61. The molecule has 1 aliphatic rings. The summed E-state index contributed by atoms with van der Waals surface area (Å²) in [6.07, 6.45) is -0.298. The minimum absolute atomic E-state index is 0.186. The van der Waals surface area contributed by atoms with Gasteiger partial charge in [-0.15, -0.1) is 0 Å². The predicted octanol–water partition coefficient (Wildman–Crippen LogP) is 3.39. The molecule has 4 nitrogen and oxygen atoms in total. The smallest absolute Gasteiger partial charge is 0.320 e. The third kappa shape index (κ3) is 2.82. The fourth-order valence-electron chi connectivity index (χ4n) is 1.66.